The predicted octanol–water partition coefficient (Wildman–Crippen LogP) is 5.16. The zero-order valence-corrected chi connectivity index (χ0v) is 19.4. The van der Waals surface area contributed by atoms with Gasteiger partial charge in [0.05, 0.1) is 22.6 Å². The summed E-state index contributed by atoms with van der Waals surface area (Å²) < 4.78 is 27.7. The summed E-state index contributed by atoms with van der Waals surface area (Å²) in [4.78, 5) is 23.0. The normalized spacial score (nSPS) is 21.5. The van der Waals surface area contributed by atoms with Crippen LogP contribution >= 0.6 is 0 Å². The van der Waals surface area contributed by atoms with Crippen LogP contribution < -0.4 is 10.2 Å². The molecule has 1 aliphatic heterocycles. The first kappa shape index (κ1) is 23.0. The Morgan fingerprint density at radius 3 is 2.57 bits per heavy atom. The molecule has 9 heteroatoms. The number of para-hydroxylation sites is 1. The quantitative estimate of drug-likeness (QED) is 0.523. The van der Waals surface area contributed by atoms with Crippen molar-refractivity contribution in [1.82, 2.24) is 9.97 Å². The number of nitrogens with zero attached hydrogens (tertiary/aromatic N) is 4. The van der Waals surface area contributed by atoms with Gasteiger partial charge in [0.15, 0.2) is 11.5 Å². The highest BCUT2D eigenvalue weighted by Gasteiger charge is 2.50. The number of rotatable bonds is 5. The Hall–Kier alpha value is -3.80. The molecule has 1 saturated carbocycles. The van der Waals surface area contributed by atoms with Crippen LogP contribution in [0.15, 0.2) is 36.4 Å². The minimum atomic E-state index is -2.62. The molecule has 2 N–H and O–H groups in total. The first-order valence-electron chi connectivity index (χ1n) is 11.6. The molecule has 2 aromatic carbocycles. The molecule has 0 radical (unpaired) electrons. The van der Waals surface area contributed by atoms with E-state index in [4.69, 9.17) is 4.98 Å². The van der Waals surface area contributed by atoms with E-state index in [9.17, 15) is 23.9 Å². The molecule has 2 heterocycles. The molecule has 1 saturated heterocycles. The van der Waals surface area contributed by atoms with Gasteiger partial charge in [-0.15, -0.1) is 0 Å². The third kappa shape index (κ3) is 4.25. The van der Waals surface area contributed by atoms with E-state index in [0.29, 0.717) is 35.6 Å². The monoisotopic (exact) mass is 477 g/mol. The molecule has 2 unspecified atom stereocenters. The minimum absolute atomic E-state index is 0.125. The maximum Gasteiger partial charge on any atom is 0.337 e. The van der Waals surface area contributed by atoms with E-state index in [0.717, 1.165) is 11.1 Å². The summed E-state index contributed by atoms with van der Waals surface area (Å²) in [6.45, 7) is 4.69. The Kier molecular flexibility index (Phi) is 5.55. The standard InChI is InChI=1S/C26H25F2N5O2/c1-14-7-19(15(2)30-20-6-4-3-5-18(20)25(34)35)23-21(8-14)31-22(11-29)24(32-23)33-12-16-9-26(27,28)10-17(16)13-33/h3-8,15-17,30H,9-10,12-13H2,1-2H3,(H,34,35)/t15-,16?,17?/m1/s1. The summed E-state index contributed by atoms with van der Waals surface area (Å²) in [7, 11) is 0. The number of benzene rings is 2. The maximum absolute atomic E-state index is 13.8. The first-order chi connectivity index (χ1) is 16.6. The van der Waals surface area contributed by atoms with Crippen molar-refractivity contribution in [3.8, 4) is 6.07 Å². The van der Waals surface area contributed by atoms with Crippen LogP contribution in [0.3, 0.4) is 0 Å². The van der Waals surface area contributed by atoms with Gasteiger partial charge in [-0.05, 0) is 49.4 Å². The van der Waals surface area contributed by atoms with Crippen molar-refractivity contribution in [2.75, 3.05) is 23.3 Å². The average molecular weight is 478 g/mol. The van der Waals surface area contributed by atoms with Gasteiger partial charge in [0.25, 0.3) is 0 Å². The number of nitriles is 1. The number of carboxylic acids is 1. The largest absolute Gasteiger partial charge is 0.478 e. The molecular formula is C26H25F2N5O2. The summed E-state index contributed by atoms with van der Waals surface area (Å²) in [5.74, 6) is -3.48. The Morgan fingerprint density at radius 1 is 1.23 bits per heavy atom. The zero-order chi connectivity index (χ0) is 24.9. The molecule has 1 aromatic heterocycles. The fourth-order valence-electron chi connectivity index (χ4n) is 5.48. The molecule has 5 rings (SSSR count). The SMILES string of the molecule is Cc1cc([C@@H](C)Nc2ccccc2C(=O)O)c2nc(N3CC4CC(F)(F)CC4C3)c(C#N)nc2c1. The topological polar surface area (TPSA) is 102 Å². The number of alkyl halides is 2. The van der Waals surface area contributed by atoms with Gasteiger partial charge in [0.1, 0.15) is 6.07 Å². The Balaban J connectivity index is 1.53. The maximum atomic E-state index is 13.8. The molecule has 2 fully saturated rings. The van der Waals surface area contributed by atoms with Gasteiger partial charge in [-0.2, -0.15) is 5.26 Å². The summed E-state index contributed by atoms with van der Waals surface area (Å²) in [5.41, 5.74) is 3.72. The molecule has 0 spiro atoms. The van der Waals surface area contributed by atoms with Crippen LogP contribution in [0.1, 0.15) is 53.0 Å². The molecule has 0 amide bonds. The van der Waals surface area contributed by atoms with Crippen LogP contribution in [0.5, 0.6) is 0 Å². The van der Waals surface area contributed by atoms with E-state index in [1.165, 1.54) is 6.07 Å². The summed E-state index contributed by atoms with van der Waals surface area (Å²) >= 11 is 0. The molecule has 3 aromatic rings. The summed E-state index contributed by atoms with van der Waals surface area (Å²) in [5, 5.41) is 22.6. The lowest BCUT2D eigenvalue weighted by molar-refractivity contribution is 0.00171. The predicted molar refractivity (Wildman–Crippen MR) is 128 cm³/mol. The van der Waals surface area contributed by atoms with Crippen LogP contribution in [0.2, 0.25) is 0 Å². The molecule has 35 heavy (non-hydrogen) atoms. The number of anilines is 2. The fraction of sp³-hybridized carbons (Fsp3) is 0.385. The lowest BCUT2D eigenvalue weighted by atomic mass is 10.0. The third-order valence-electron chi connectivity index (χ3n) is 7.02. The van der Waals surface area contributed by atoms with Crippen molar-refractivity contribution < 1.29 is 18.7 Å². The highest BCUT2D eigenvalue weighted by atomic mass is 19.3. The lowest BCUT2D eigenvalue weighted by Gasteiger charge is -2.23. The first-order valence-corrected chi connectivity index (χ1v) is 11.6. The van der Waals surface area contributed by atoms with Crippen molar-refractivity contribution in [3.05, 3.63) is 58.8 Å². The van der Waals surface area contributed by atoms with Gasteiger partial charge in [-0.1, -0.05) is 18.2 Å². The summed E-state index contributed by atoms with van der Waals surface area (Å²) in [6.07, 6.45) is -0.267. The van der Waals surface area contributed by atoms with Crippen molar-refractivity contribution in [2.45, 2.75) is 38.7 Å². The lowest BCUT2D eigenvalue weighted by Crippen LogP contribution is -2.26. The number of carboxylic acid groups (broad SMARTS) is 1. The molecule has 0 bridgehead atoms. The van der Waals surface area contributed by atoms with E-state index in [-0.39, 0.29) is 42.0 Å². The van der Waals surface area contributed by atoms with Gasteiger partial charge in [0, 0.05) is 37.2 Å². The second kappa shape index (κ2) is 8.45. The molecule has 180 valence electrons. The van der Waals surface area contributed by atoms with E-state index in [1.807, 2.05) is 30.9 Å². The number of halogens is 2. The van der Waals surface area contributed by atoms with Crippen molar-refractivity contribution in [2.24, 2.45) is 11.8 Å². The van der Waals surface area contributed by atoms with Crippen LogP contribution in [0.4, 0.5) is 20.3 Å². The highest BCUT2D eigenvalue weighted by molar-refractivity contribution is 5.94. The van der Waals surface area contributed by atoms with E-state index in [1.54, 1.807) is 18.2 Å². The van der Waals surface area contributed by atoms with E-state index >= 15 is 0 Å². The third-order valence-corrected chi connectivity index (χ3v) is 7.02. The minimum Gasteiger partial charge on any atom is -0.478 e. The number of fused-ring (bicyclic) bond motifs is 2. The number of hydrogen-bond acceptors (Lipinski definition) is 6. The number of carbonyl (C=O) groups is 1. The number of hydrogen-bond donors (Lipinski definition) is 2. The van der Waals surface area contributed by atoms with Crippen molar-refractivity contribution in [3.63, 3.8) is 0 Å². The zero-order valence-electron chi connectivity index (χ0n) is 19.4. The smallest absolute Gasteiger partial charge is 0.337 e. The molecule has 7 nitrogen and oxygen atoms in total. The average Bonchev–Trinajstić information content (AvgIpc) is 3.31. The van der Waals surface area contributed by atoms with Gasteiger partial charge >= 0.3 is 5.97 Å². The Labute approximate surface area is 201 Å². The van der Waals surface area contributed by atoms with Gasteiger partial charge in [0.2, 0.25) is 5.92 Å². The number of aromatic carboxylic acids is 1. The van der Waals surface area contributed by atoms with Crippen molar-refractivity contribution >= 4 is 28.5 Å². The van der Waals surface area contributed by atoms with Crippen molar-refractivity contribution in [1.29, 1.82) is 5.26 Å². The fourth-order valence-corrected chi connectivity index (χ4v) is 5.48. The van der Waals surface area contributed by atoms with Gasteiger partial charge in [-0.25, -0.2) is 23.5 Å². The Morgan fingerprint density at radius 2 is 1.91 bits per heavy atom. The molecule has 3 atom stereocenters. The highest BCUT2D eigenvalue weighted by Crippen LogP contribution is 2.47. The van der Waals surface area contributed by atoms with Gasteiger partial charge in [-0.3, -0.25) is 0 Å². The van der Waals surface area contributed by atoms with E-state index in [2.05, 4.69) is 16.4 Å². The second-order valence-corrected chi connectivity index (χ2v) is 9.64. The molecular weight excluding hydrogens is 452 g/mol. The van der Waals surface area contributed by atoms with E-state index < -0.39 is 11.9 Å². The summed E-state index contributed by atoms with van der Waals surface area (Å²) in [6, 6.07) is 12.3. The van der Waals surface area contributed by atoms with Crippen LogP contribution in [0.25, 0.3) is 11.0 Å². The van der Waals surface area contributed by atoms with Gasteiger partial charge < -0.3 is 15.3 Å². The van der Waals surface area contributed by atoms with Crippen LogP contribution in [-0.2, 0) is 0 Å². The second-order valence-electron chi connectivity index (χ2n) is 9.64. The molecule has 1 aliphatic carbocycles. The number of nitrogens with one attached hydrogen (secondary N) is 1. The molecule has 2 aliphatic rings. The number of aromatic nitrogens is 2. The van der Waals surface area contributed by atoms with Crippen LogP contribution in [0, 0.1) is 30.1 Å². The van der Waals surface area contributed by atoms with Crippen LogP contribution in [-0.4, -0.2) is 40.1 Å². The Bertz CT molecular complexity index is 1350. The number of aryl methyl sites for hydroxylation is 1.